The van der Waals surface area contributed by atoms with Crippen LogP contribution in [0, 0.1) is 10.1 Å². The molecule has 1 amide bonds. The van der Waals surface area contributed by atoms with Crippen molar-refractivity contribution in [2.75, 3.05) is 0 Å². The summed E-state index contributed by atoms with van der Waals surface area (Å²) in [6.07, 6.45) is 3.46. The molecule has 1 atom stereocenters. The van der Waals surface area contributed by atoms with E-state index < -0.39 is 10.8 Å². The summed E-state index contributed by atoms with van der Waals surface area (Å²) in [4.78, 5) is 27.2. The Kier molecular flexibility index (Phi) is 6.91. The Balaban J connectivity index is 1.49. The summed E-state index contributed by atoms with van der Waals surface area (Å²) in [5.74, 6) is 1.26. The molecule has 0 bridgehead atoms. The van der Waals surface area contributed by atoms with Gasteiger partial charge in [0, 0.05) is 46.6 Å². The first-order chi connectivity index (χ1) is 18.0. The van der Waals surface area contributed by atoms with Crippen LogP contribution in [0.5, 0.6) is 11.5 Å². The molecule has 5 rings (SSSR count). The molecule has 8 nitrogen and oxygen atoms in total. The standard InChI is InChI=1S/C28H22ClN3O5/c29-19-6-9-21(10-7-19)37-22-4-1-3-18(13-22)24(15-28(33)31-16-23-5-2-12-36-23)26-17-30-27-11-8-20(32(34)35)14-25(26)27/h1-14,17,24,30H,15-16H2,(H,31,33). The first-order valence-corrected chi connectivity index (χ1v) is 11.9. The zero-order valence-electron chi connectivity index (χ0n) is 19.5. The van der Waals surface area contributed by atoms with Gasteiger partial charge in [-0.15, -0.1) is 0 Å². The third-order valence-corrected chi connectivity index (χ3v) is 6.27. The summed E-state index contributed by atoms with van der Waals surface area (Å²) in [5.41, 5.74) is 2.33. The number of ether oxygens (including phenoxy) is 1. The Hall–Kier alpha value is -4.56. The highest BCUT2D eigenvalue weighted by atomic mass is 35.5. The molecule has 0 saturated carbocycles. The maximum Gasteiger partial charge on any atom is 0.270 e. The summed E-state index contributed by atoms with van der Waals surface area (Å²) < 4.78 is 11.3. The molecule has 3 aromatic carbocycles. The van der Waals surface area contributed by atoms with Gasteiger partial charge in [-0.1, -0.05) is 23.7 Å². The Morgan fingerprint density at radius 3 is 2.65 bits per heavy atom. The SMILES string of the molecule is O=C(CC(c1cccc(Oc2ccc(Cl)cc2)c1)c1c[nH]c2ccc([N+](=O)[O-])cc12)NCc1ccco1. The molecule has 2 aromatic heterocycles. The largest absolute Gasteiger partial charge is 0.467 e. The predicted octanol–water partition coefficient (Wildman–Crippen LogP) is 6.95. The molecule has 9 heteroatoms. The van der Waals surface area contributed by atoms with Crippen molar-refractivity contribution in [3.05, 3.63) is 123 Å². The number of hydrogen-bond donors (Lipinski definition) is 2. The third kappa shape index (κ3) is 5.65. The van der Waals surface area contributed by atoms with Gasteiger partial charge in [0.25, 0.3) is 5.69 Å². The van der Waals surface area contributed by atoms with E-state index in [0.29, 0.717) is 27.7 Å². The number of hydrogen-bond acceptors (Lipinski definition) is 5. The molecule has 0 aliphatic carbocycles. The number of halogens is 1. The van der Waals surface area contributed by atoms with Crippen LogP contribution in [0.2, 0.25) is 5.02 Å². The molecule has 0 aliphatic heterocycles. The van der Waals surface area contributed by atoms with Gasteiger partial charge < -0.3 is 19.5 Å². The minimum Gasteiger partial charge on any atom is -0.467 e. The van der Waals surface area contributed by atoms with Gasteiger partial charge in [0.15, 0.2) is 0 Å². The molecule has 2 N–H and O–H groups in total. The summed E-state index contributed by atoms with van der Waals surface area (Å²) in [6.45, 7) is 0.262. The van der Waals surface area contributed by atoms with Gasteiger partial charge in [-0.05, 0) is 65.7 Å². The van der Waals surface area contributed by atoms with E-state index in [4.69, 9.17) is 20.8 Å². The monoisotopic (exact) mass is 515 g/mol. The minimum absolute atomic E-state index is 0.0193. The van der Waals surface area contributed by atoms with Crippen molar-refractivity contribution in [1.29, 1.82) is 0 Å². The number of nitro groups is 1. The van der Waals surface area contributed by atoms with Crippen LogP contribution in [0.3, 0.4) is 0 Å². The van der Waals surface area contributed by atoms with Crippen molar-refractivity contribution >= 4 is 34.1 Å². The topological polar surface area (TPSA) is 110 Å². The maximum absolute atomic E-state index is 13.0. The number of furan rings is 1. The highest BCUT2D eigenvalue weighted by Gasteiger charge is 2.23. The van der Waals surface area contributed by atoms with Crippen molar-refractivity contribution in [3.63, 3.8) is 0 Å². The summed E-state index contributed by atoms with van der Waals surface area (Å²) >= 11 is 5.98. The van der Waals surface area contributed by atoms with Crippen molar-refractivity contribution in [2.45, 2.75) is 18.9 Å². The third-order valence-electron chi connectivity index (χ3n) is 6.02. The zero-order valence-corrected chi connectivity index (χ0v) is 20.3. The first kappa shape index (κ1) is 24.1. The van der Waals surface area contributed by atoms with Gasteiger partial charge in [-0.3, -0.25) is 14.9 Å². The quantitative estimate of drug-likeness (QED) is 0.163. The second-order valence-electron chi connectivity index (χ2n) is 8.47. The number of benzene rings is 3. The Bertz CT molecular complexity index is 1540. The van der Waals surface area contributed by atoms with E-state index in [0.717, 1.165) is 16.6 Å². The summed E-state index contributed by atoms with van der Waals surface area (Å²) in [6, 6.07) is 22.7. The number of rotatable bonds is 9. The fourth-order valence-electron chi connectivity index (χ4n) is 4.23. The molecule has 0 fully saturated rings. The Morgan fingerprint density at radius 2 is 1.89 bits per heavy atom. The lowest BCUT2D eigenvalue weighted by atomic mass is 9.87. The minimum atomic E-state index is -0.429. The van der Waals surface area contributed by atoms with Crippen molar-refractivity contribution < 1.29 is 18.9 Å². The van der Waals surface area contributed by atoms with Crippen molar-refractivity contribution in [2.24, 2.45) is 0 Å². The van der Waals surface area contributed by atoms with Crippen LogP contribution in [-0.4, -0.2) is 15.8 Å². The lowest BCUT2D eigenvalue weighted by molar-refractivity contribution is -0.384. The number of nitro benzene ring substituents is 1. The van der Waals surface area contributed by atoms with Crippen LogP contribution >= 0.6 is 11.6 Å². The number of fused-ring (bicyclic) bond motifs is 1. The van der Waals surface area contributed by atoms with E-state index in [2.05, 4.69) is 10.3 Å². The molecule has 5 aromatic rings. The number of nitrogens with one attached hydrogen (secondary N) is 2. The normalized spacial score (nSPS) is 11.8. The number of carbonyl (C=O) groups excluding carboxylic acids is 1. The van der Waals surface area contributed by atoms with E-state index in [9.17, 15) is 14.9 Å². The average Bonchev–Trinajstić information content (AvgIpc) is 3.57. The highest BCUT2D eigenvalue weighted by molar-refractivity contribution is 6.30. The number of amides is 1. The summed E-state index contributed by atoms with van der Waals surface area (Å²) in [7, 11) is 0. The molecular weight excluding hydrogens is 494 g/mol. The Labute approximate surface area is 217 Å². The molecular formula is C28H22ClN3O5. The molecule has 0 radical (unpaired) electrons. The first-order valence-electron chi connectivity index (χ1n) is 11.5. The van der Waals surface area contributed by atoms with Gasteiger partial charge >= 0.3 is 0 Å². The molecule has 0 spiro atoms. The zero-order chi connectivity index (χ0) is 25.8. The second-order valence-corrected chi connectivity index (χ2v) is 8.91. The summed E-state index contributed by atoms with van der Waals surface area (Å²) in [5, 5.41) is 15.6. The second kappa shape index (κ2) is 10.6. The van der Waals surface area contributed by atoms with Crippen LogP contribution in [0.4, 0.5) is 5.69 Å². The fourth-order valence-corrected chi connectivity index (χ4v) is 4.36. The van der Waals surface area contributed by atoms with E-state index in [1.165, 1.54) is 12.1 Å². The van der Waals surface area contributed by atoms with Gasteiger partial charge in [-0.2, -0.15) is 0 Å². The molecule has 186 valence electrons. The number of non-ortho nitro benzene ring substituents is 1. The molecule has 2 heterocycles. The van der Waals surface area contributed by atoms with Crippen LogP contribution < -0.4 is 10.1 Å². The van der Waals surface area contributed by atoms with Gasteiger partial charge in [-0.25, -0.2) is 0 Å². The number of aromatic nitrogens is 1. The molecule has 1 unspecified atom stereocenters. The van der Waals surface area contributed by atoms with E-state index in [1.807, 2.05) is 24.3 Å². The number of aromatic amines is 1. The smallest absolute Gasteiger partial charge is 0.270 e. The number of nitrogens with zero attached hydrogens (tertiary/aromatic N) is 1. The lowest BCUT2D eigenvalue weighted by Crippen LogP contribution is -2.24. The molecule has 0 aliphatic rings. The number of carbonyl (C=O) groups is 1. The van der Waals surface area contributed by atoms with Crippen LogP contribution in [0.25, 0.3) is 10.9 Å². The Morgan fingerprint density at radius 1 is 1.05 bits per heavy atom. The number of H-pyrrole nitrogens is 1. The van der Waals surface area contributed by atoms with E-state index in [-0.39, 0.29) is 24.6 Å². The average molecular weight is 516 g/mol. The lowest BCUT2D eigenvalue weighted by Gasteiger charge is -2.18. The van der Waals surface area contributed by atoms with Crippen molar-refractivity contribution in [1.82, 2.24) is 10.3 Å². The van der Waals surface area contributed by atoms with Crippen LogP contribution in [0.1, 0.15) is 29.2 Å². The fraction of sp³-hybridized carbons (Fsp3) is 0.107. The van der Waals surface area contributed by atoms with Crippen molar-refractivity contribution in [3.8, 4) is 11.5 Å². The highest BCUT2D eigenvalue weighted by Crippen LogP contribution is 2.37. The van der Waals surface area contributed by atoms with Gasteiger partial charge in [0.2, 0.25) is 5.91 Å². The van der Waals surface area contributed by atoms with E-state index >= 15 is 0 Å². The predicted molar refractivity (Wildman–Crippen MR) is 140 cm³/mol. The van der Waals surface area contributed by atoms with Crippen LogP contribution in [-0.2, 0) is 11.3 Å². The van der Waals surface area contributed by atoms with E-state index in [1.54, 1.807) is 54.9 Å². The molecule has 0 saturated heterocycles. The maximum atomic E-state index is 13.0. The van der Waals surface area contributed by atoms with Crippen LogP contribution in [0.15, 0.2) is 95.7 Å². The molecule has 37 heavy (non-hydrogen) atoms. The van der Waals surface area contributed by atoms with Gasteiger partial charge in [0.1, 0.15) is 17.3 Å². The van der Waals surface area contributed by atoms with Gasteiger partial charge in [0.05, 0.1) is 17.7 Å².